The highest BCUT2D eigenvalue weighted by atomic mass is 19.4. The van der Waals surface area contributed by atoms with Crippen molar-refractivity contribution in [2.75, 3.05) is 26.2 Å². The summed E-state index contributed by atoms with van der Waals surface area (Å²) in [5.41, 5.74) is 4.50. The maximum atomic E-state index is 13.7. The van der Waals surface area contributed by atoms with Crippen LogP contribution in [0, 0.1) is 0 Å². The van der Waals surface area contributed by atoms with Gasteiger partial charge in [0.05, 0.1) is 5.56 Å². The number of carbonyl (C=O) groups excluding carboxylic acids is 2. The number of hydrogen-bond donors (Lipinski definition) is 2. The number of carbonyl (C=O) groups is 2. The van der Waals surface area contributed by atoms with Crippen molar-refractivity contribution >= 4 is 11.8 Å². The van der Waals surface area contributed by atoms with E-state index in [9.17, 15) is 22.8 Å². The molecule has 238 valence electrons. The Hall–Kier alpha value is -4.50. The van der Waals surface area contributed by atoms with Gasteiger partial charge in [-0.1, -0.05) is 85.3 Å². The van der Waals surface area contributed by atoms with E-state index in [-0.39, 0.29) is 11.9 Å². The lowest BCUT2D eigenvalue weighted by Gasteiger charge is -2.33. The molecule has 9 heteroatoms. The largest absolute Gasteiger partial charge is 0.405 e. The number of alkyl halides is 3. The minimum absolute atomic E-state index is 0.0552. The van der Waals surface area contributed by atoms with Gasteiger partial charge < -0.3 is 15.5 Å². The molecule has 3 aromatic carbocycles. The summed E-state index contributed by atoms with van der Waals surface area (Å²) in [5, 5.41) is 5.41. The molecule has 2 amide bonds. The Labute approximate surface area is 267 Å². The third-order valence-electron chi connectivity index (χ3n) is 9.25. The lowest BCUT2D eigenvalue weighted by molar-refractivity contribution is -0.141. The van der Waals surface area contributed by atoms with Gasteiger partial charge in [0, 0.05) is 31.5 Å². The Kier molecular flexibility index (Phi) is 9.22. The van der Waals surface area contributed by atoms with E-state index in [1.165, 1.54) is 0 Å². The minimum Gasteiger partial charge on any atom is -0.349 e. The summed E-state index contributed by atoms with van der Waals surface area (Å²) in [5.74, 6) is -0.737. The number of pyridine rings is 1. The van der Waals surface area contributed by atoms with Crippen LogP contribution < -0.4 is 10.6 Å². The number of aromatic nitrogens is 1. The smallest absolute Gasteiger partial charge is 0.349 e. The molecule has 6 rings (SSSR count). The second-order valence-corrected chi connectivity index (χ2v) is 12.1. The van der Waals surface area contributed by atoms with Gasteiger partial charge in [-0.25, -0.2) is 0 Å². The second-order valence-electron chi connectivity index (χ2n) is 12.1. The zero-order valence-electron chi connectivity index (χ0n) is 25.5. The summed E-state index contributed by atoms with van der Waals surface area (Å²) in [6.07, 6.45) is 2.32. The molecule has 2 aliphatic rings. The number of likely N-dealkylation sites (tertiary alicyclic amines) is 1. The first-order valence-corrected chi connectivity index (χ1v) is 15.8. The van der Waals surface area contributed by atoms with Crippen molar-refractivity contribution in [2.45, 2.75) is 49.7 Å². The predicted molar refractivity (Wildman–Crippen MR) is 172 cm³/mol. The fourth-order valence-corrected chi connectivity index (χ4v) is 7.02. The highest BCUT2D eigenvalue weighted by molar-refractivity contribution is 6.01. The standard InChI is InChI=1S/C37H37F3N4O2/c38-37(39,40)25-42-35(46)36(32-14-6-4-12-29(32)30-13-5-7-15-33(30)36)19-8-9-21-44-22-17-27(18-23-44)43-34(45)31-24-41-20-16-28(31)26-10-2-1-3-11-26/h1-7,10-16,20,24,27H,8-9,17-19,21-23,25H2,(H,42,46)(H,43,45). The van der Waals surface area contributed by atoms with Crippen molar-refractivity contribution in [1.29, 1.82) is 0 Å². The summed E-state index contributed by atoms with van der Waals surface area (Å²) in [7, 11) is 0. The van der Waals surface area contributed by atoms with Gasteiger partial charge in [-0.2, -0.15) is 13.2 Å². The predicted octanol–water partition coefficient (Wildman–Crippen LogP) is 6.76. The maximum absolute atomic E-state index is 13.7. The summed E-state index contributed by atoms with van der Waals surface area (Å²) in [4.78, 5) is 33.5. The van der Waals surface area contributed by atoms with E-state index in [0.29, 0.717) is 18.4 Å². The zero-order chi connectivity index (χ0) is 32.1. The quantitative estimate of drug-likeness (QED) is 0.191. The lowest BCUT2D eigenvalue weighted by atomic mass is 9.73. The summed E-state index contributed by atoms with van der Waals surface area (Å²) >= 11 is 0. The Morgan fingerprint density at radius 1 is 0.826 bits per heavy atom. The van der Waals surface area contributed by atoms with E-state index in [1.807, 2.05) is 84.9 Å². The fraction of sp³-hybridized carbons (Fsp3) is 0.324. The number of nitrogens with one attached hydrogen (secondary N) is 2. The van der Waals surface area contributed by atoms with Crippen molar-refractivity contribution < 1.29 is 22.8 Å². The Morgan fingerprint density at radius 2 is 1.46 bits per heavy atom. The number of nitrogens with zero attached hydrogens (tertiary/aromatic N) is 2. The van der Waals surface area contributed by atoms with Gasteiger partial charge >= 0.3 is 6.18 Å². The Balaban J connectivity index is 1.06. The molecule has 1 aliphatic heterocycles. The van der Waals surface area contributed by atoms with E-state index >= 15 is 0 Å². The number of benzene rings is 3. The SMILES string of the molecule is O=C(NC1CCN(CCCCC2(C(=O)NCC(F)(F)F)c3ccccc3-c3ccccc32)CC1)c1cnccc1-c1ccccc1. The molecule has 2 heterocycles. The molecule has 0 unspecified atom stereocenters. The topological polar surface area (TPSA) is 74.3 Å². The molecule has 2 N–H and O–H groups in total. The van der Waals surface area contributed by atoms with Crippen molar-refractivity contribution in [3.8, 4) is 22.3 Å². The number of fused-ring (bicyclic) bond motifs is 3. The third-order valence-corrected chi connectivity index (χ3v) is 9.25. The number of hydrogen-bond acceptors (Lipinski definition) is 4. The first kappa shape index (κ1) is 31.5. The van der Waals surface area contributed by atoms with Crippen molar-refractivity contribution in [2.24, 2.45) is 0 Å². The Bertz CT molecular complexity index is 1640. The fourth-order valence-electron chi connectivity index (χ4n) is 7.02. The highest BCUT2D eigenvalue weighted by Crippen LogP contribution is 2.51. The molecule has 1 aliphatic carbocycles. The number of amides is 2. The van der Waals surface area contributed by atoms with E-state index in [1.54, 1.807) is 12.4 Å². The lowest BCUT2D eigenvalue weighted by Crippen LogP contribution is -2.47. The molecule has 0 atom stereocenters. The summed E-state index contributed by atoms with van der Waals surface area (Å²) in [6, 6.07) is 26.8. The van der Waals surface area contributed by atoms with E-state index in [2.05, 4.69) is 20.5 Å². The zero-order valence-corrected chi connectivity index (χ0v) is 25.5. The number of piperidine rings is 1. The molecular weight excluding hydrogens is 589 g/mol. The molecule has 46 heavy (non-hydrogen) atoms. The van der Waals surface area contributed by atoms with Gasteiger partial charge in [0.2, 0.25) is 5.91 Å². The number of rotatable bonds is 10. The van der Waals surface area contributed by atoms with Crippen molar-refractivity contribution in [3.63, 3.8) is 0 Å². The summed E-state index contributed by atoms with van der Waals surface area (Å²) in [6.45, 7) is 1.10. The average molecular weight is 627 g/mol. The third kappa shape index (κ3) is 6.56. The molecule has 4 aromatic rings. The molecule has 0 spiro atoms. The average Bonchev–Trinajstić information content (AvgIpc) is 3.37. The van der Waals surface area contributed by atoms with Gasteiger partial charge in [-0.3, -0.25) is 14.6 Å². The molecule has 0 saturated carbocycles. The summed E-state index contributed by atoms with van der Waals surface area (Å²) < 4.78 is 39.5. The number of unbranched alkanes of at least 4 members (excludes halogenated alkanes) is 1. The molecule has 1 saturated heterocycles. The molecule has 0 bridgehead atoms. The van der Waals surface area contributed by atoms with Gasteiger partial charge in [0.15, 0.2) is 0 Å². The van der Waals surface area contributed by atoms with Gasteiger partial charge in [0.25, 0.3) is 5.91 Å². The minimum atomic E-state index is -4.50. The first-order chi connectivity index (χ1) is 22.3. The molecule has 6 nitrogen and oxygen atoms in total. The highest BCUT2D eigenvalue weighted by Gasteiger charge is 2.49. The normalized spacial score (nSPS) is 16.0. The van der Waals surface area contributed by atoms with Crippen LogP contribution in [0.3, 0.4) is 0 Å². The van der Waals surface area contributed by atoms with Crippen LogP contribution >= 0.6 is 0 Å². The van der Waals surface area contributed by atoms with E-state index in [4.69, 9.17) is 0 Å². The first-order valence-electron chi connectivity index (χ1n) is 15.8. The van der Waals surface area contributed by atoms with Crippen LogP contribution in [-0.4, -0.2) is 60.1 Å². The van der Waals surface area contributed by atoms with E-state index in [0.717, 1.165) is 72.3 Å². The van der Waals surface area contributed by atoms with Crippen molar-refractivity contribution in [3.05, 3.63) is 114 Å². The second kappa shape index (κ2) is 13.5. The molecule has 0 radical (unpaired) electrons. The van der Waals surface area contributed by atoms with Gasteiger partial charge in [0.1, 0.15) is 12.0 Å². The van der Waals surface area contributed by atoms with Crippen LogP contribution in [0.15, 0.2) is 97.3 Å². The van der Waals surface area contributed by atoms with Crippen molar-refractivity contribution in [1.82, 2.24) is 20.5 Å². The van der Waals surface area contributed by atoms with Crippen LogP contribution in [0.2, 0.25) is 0 Å². The van der Waals surface area contributed by atoms with E-state index < -0.39 is 24.0 Å². The van der Waals surface area contributed by atoms with Gasteiger partial charge in [-0.15, -0.1) is 0 Å². The molecular formula is C37H37F3N4O2. The number of halogens is 3. The Morgan fingerprint density at radius 3 is 2.11 bits per heavy atom. The van der Waals surface area contributed by atoms with Crippen LogP contribution in [0.1, 0.15) is 53.6 Å². The maximum Gasteiger partial charge on any atom is 0.405 e. The van der Waals surface area contributed by atoms with Gasteiger partial charge in [-0.05, 0) is 71.7 Å². The monoisotopic (exact) mass is 626 g/mol. The van der Waals surface area contributed by atoms with Crippen LogP contribution in [0.4, 0.5) is 13.2 Å². The molecule has 1 fully saturated rings. The van der Waals surface area contributed by atoms with Crippen LogP contribution in [0.25, 0.3) is 22.3 Å². The van der Waals surface area contributed by atoms with Crippen LogP contribution in [-0.2, 0) is 10.2 Å². The molecule has 1 aromatic heterocycles. The van der Waals surface area contributed by atoms with Crippen LogP contribution in [0.5, 0.6) is 0 Å².